The van der Waals surface area contributed by atoms with Crippen LogP contribution in [-0.4, -0.2) is 45.7 Å². The number of hydrogen-bond donors (Lipinski definition) is 1. The maximum Gasteiger partial charge on any atom is 0.471 e. The normalized spacial score (nSPS) is 22.0. The minimum Gasteiger partial charge on any atom is -0.337 e. The van der Waals surface area contributed by atoms with E-state index in [2.05, 4.69) is 25.2 Å². The van der Waals surface area contributed by atoms with Crippen molar-refractivity contribution in [2.45, 2.75) is 31.4 Å². The molecule has 2 amide bonds. The van der Waals surface area contributed by atoms with Crippen molar-refractivity contribution in [3.63, 3.8) is 0 Å². The quantitative estimate of drug-likeness (QED) is 0.858. The van der Waals surface area contributed by atoms with Crippen LogP contribution in [0.25, 0.3) is 0 Å². The van der Waals surface area contributed by atoms with E-state index in [-0.39, 0.29) is 42.7 Å². The lowest BCUT2D eigenvalue weighted by molar-refractivity contribution is -0.159. The largest absolute Gasteiger partial charge is 0.471 e. The lowest BCUT2D eigenvalue weighted by Crippen LogP contribution is -2.39. The van der Waals surface area contributed by atoms with E-state index in [4.69, 9.17) is 0 Å². The van der Waals surface area contributed by atoms with Gasteiger partial charge in [-0.25, -0.2) is 5.43 Å². The third kappa shape index (κ3) is 3.17. The fourth-order valence-corrected chi connectivity index (χ4v) is 2.48. The van der Waals surface area contributed by atoms with Crippen LogP contribution >= 0.6 is 0 Å². The molecule has 1 N–H and O–H groups in total. The maximum absolute atomic E-state index is 12.5. The highest BCUT2D eigenvalue weighted by Crippen LogP contribution is 2.31. The van der Waals surface area contributed by atoms with Gasteiger partial charge in [-0.05, 0) is 6.42 Å². The summed E-state index contributed by atoms with van der Waals surface area (Å²) in [6.45, 7) is 0.537. The van der Waals surface area contributed by atoms with Crippen LogP contribution in [0.15, 0.2) is 9.62 Å². The number of nitrogens with zero attached hydrogens (tertiary/aromatic N) is 4. The van der Waals surface area contributed by atoms with Gasteiger partial charge in [0.05, 0.1) is 0 Å². The number of carbonyl (C=O) groups excluding carboxylic acids is 2. The molecule has 3 rings (SSSR count). The van der Waals surface area contributed by atoms with Crippen LogP contribution in [0.5, 0.6) is 0 Å². The van der Waals surface area contributed by atoms with Crippen LogP contribution < -0.4 is 5.43 Å². The first kappa shape index (κ1) is 15.4. The fraction of sp³-hybridized carbons (Fsp3) is 0.583. The number of hydrazone groups is 1. The molecule has 23 heavy (non-hydrogen) atoms. The molecule has 1 fully saturated rings. The van der Waals surface area contributed by atoms with E-state index in [0.29, 0.717) is 13.0 Å². The van der Waals surface area contributed by atoms with Gasteiger partial charge in [0.2, 0.25) is 5.91 Å². The predicted octanol–water partition coefficient (Wildman–Crippen LogP) is 0.670. The summed E-state index contributed by atoms with van der Waals surface area (Å²) in [5.41, 5.74) is 2.47. The van der Waals surface area contributed by atoms with Crippen LogP contribution in [0.4, 0.5) is 13.2 Å². The Morgan fingerprint density at radius 3 is 2.74 bits per heavy atom. The molecular formula is C12H12F3N5O3. The molecule has 1 aromatic rings. The second-order valence-electron chi connectivity index (χ2n) is 5.29. The van der Waals surface area contributed by atoms with Crippen molar-refractivity contribution in [2.75, 3.05) is 13.1 Å². The summed E-state index contributed by atoms with van der Waals surface area (Å²) >= 11 is 0. The van der Waals surface area contributed by atoms with E-state index in [1.54, 1.807) is 0 Å². The number of halogens is 3. The SMILES string of the molecule is O=C1CCC(C(=O)N2CC[C@@H](c3noc(C(F)(F)F)n3)C2)=NN1. The Labute approximate surface area is 127 Å². The Hall–Kier alpha value is -2.46. The molecule has 1 aromatic heterocycles. The number of amides is 2. The first-order valence-corrected chi connectivity index (χ1v) is 6.90. The van der Waals surface area contributed by atoms with Crippen molar-refractivity contribution < 1.29 is 27.3 Å². The Balaban J connectivity index is 1.65. The molecule has 0 bridgehead atoms. The first-order chi connectivity index (χ1) is 10.8. The third-order valence-corrected chi connectivity index (χ3v) is 3.68. The summed E-state index contributed by atoms with van der Waals surface area (Å²) in [7, 11) is 0. The van der Waals surface area contributed by atoms with Gasteiger partial charge in [-0.15, -0.1) is 0 Å². The molecule has 1 saturated heterocycles. The van der Waals surface area contributed by atoms with Crippen molar-refractivity contribution in [3.05, 3.63) is 11.7 Å². The van der Waals surface area contributed by atoms with Gasteiger partial charge in [0.15, 0.2) is 5.82 Å². The minimum atomic E-state index is -4.69. The highest BCUT2D eigenvalue weighted by atomic mass is 19.4. The number of rotatable bonds is 2. The van der Waals surface area contributed by atoms with Crippen LogP contribution in [0.3, 0.4) is 0 Å². The molecule has 0 radical (unpaired) electrons. The minimum absolute atomic E-state index is 0.0634. The van der Waals surface area contributed by atoms with Crippen LogP contribution in [0, 0.1) is 0 Å². The number of hydrogen-bond acceptors (Lipinski definition) is 6. The topological polar surface area (TPSA) is 101 Å². The summed E-state index contributed by atoms with van der Waals surface area (Å²) in [4.78, 5) is 28.1. The average Bonchev–Trinajstić information content (AvgIpc) is 3.16. The van der Waals surface area contributed by atoms with Gasteiger partial charge < -0.3 is 9.42 Å². The van der Waals surface area contributed by atoms with Crippen LogP contribution in [0.1, 0.15) is 36.9 Å². The Bertz CT molecular complexity index is 669. The Kier molecular flexibility index (Phi) is 3.78. The second-order valence-corrected chi connectivity index (χ2v) is 5.29. The second kappa shape index (κ2) is 5.63. The molecule has 2 aliphatic heterocycles. The lowest BCUT2D eigenvalue weighted by Gasteiger charge is -2.18. The molecule has 0 unspecified atom stereocenters. The summed E-state index contributed by atoms with van der Waals surface area (Å²) in [5.74, 6) is -2.47. The molecule has 124 valence electrons. The van der Waals surface area contributed by atoms with E-state index in [1.165, 1.54) is 4.90 Å². The zero-order valence-electron chi connectivity index (χ0n) is 11.8. The zero-order valence-corrected chi connectivity index (χ0v) is 11.8. The number of aromatic nitrogens is 2. The van der Waals surface area contributed by atoms with Crippen molar-refractivity contribution in [1.82, 2.24) is 20.5 Å². The van der Waals surface area contributed by atoms with Crippen molar-refractivity contribution in [3.8, 4) is 0 Å². The molecule has 0 spiro atoms. The number of alkyl halides is 3. The molecular weight excluding hydrogens is 319 g/mol. The first-order valence-electron chi connectivity index (χ1n) is 6.90. The van der Waals surface area contributed by atoms with Gasteiger partial charge >= 0.3 is 12.1 Å². The number of likely N-dealkylation sites (tertiary alicyclic amines) is 1. The molecule has 0 aromatic carbocycles. The fourth-order valence-electron chi connectivity index (χ4n) is 2.48. The Morgan fingerprint density at radius 1 is 1.35 bits per heavy atom. The van der Waals surface area contributed by atoms with E-state index < -0.39 is 18.0 Å². The number of nitrogens with one attached hydrogen (secondary N) is 1. The summed E-state index contributed by atoms with van der Waals surface area (Å²) in [6.07, 6.45) is -3.83. The van der Waals surface area contributed by atoms with E-state index >= 15 is 0 Å². The standard InChI is InChI=1S/C12H12F3N5O3/c13-12(14,15)11-16-9(19-23-11)6-3-4-20(5-6)10(22)7-1-2-8(21)18-17-7/h6H,1-5H2,(H,18,21)/t6-/m1/s1. The Morgan fingerprint density at radius 2 is 2.13 bits per heavy atom. The van der Waals surface area contributed by atoms with Crippen molar-refractivity contribution >= 4 is 17.5 Å². The third-order valence-electron chi connectivity index (χ3n) is 3.68. The van der Waals surface area contributed by atoms with Crippen molar-refractivity contribution in [1.29, 1.82) is 0 Å². The maximum atomic E-state index is 12.5. The highest BCUT2D eigenvalue weighted by molar-refractivity contribution is 6.39. The number of carbonyl (C=O) groups is 2. The monoisotopic (exact) mass is 331 g/mol. The smallest absolute Gasteiger partial charge is 0.337 e. The average molecular weight is 331 g/mol. The molecule has 11 heteroatoms. The summed E-state index contributed by atoms with van der Waals surface area (Å²) in [6, 6.07) is 0. The molecule has 1 atom stereocenters. The molecule has 2 aliphatic rings. The van der Waals surface area contributed by atoms with Gasteiger partial charge in [-0.3, -0.25) is 9.59 Å². The van der Waals surface area contributed by atoms with Crippen molar-refractivity contribution in [2.24, 2.45) is 5.10 Å². The summed E-state index contributed by atoms with van der Waals surface area (Å²) < 4.78 is 41.6. The van der Waals surface area contributed by atoms with Gasteiger partial charge in [0, 0.05) is 31.8 Å². The predicted molar refractivity (Wildman–Crippen MR) is 68.0 cm³/mol. The summed E-state index contributed by atoms with van der Waals surface area (Å²) in [5, 5.41) is 7.07. The van der Waals surface area contributed by atoms with Gasteiger partial charge in [-0.1, -0.05) is 5.16 Å². The molecule has 0 aliphatic carbocycles. The van der Waals surface area contributed by atoms with Gasteiger partial charge in [0.1, 0.15) is 5.71 Å². The molecule has 0 saturated carbocycles. The molecule has 3 heterocycles. The molecule has 8 nitrogen and oxygen atoms in total. The van der Waals surface area contributed by atoms with E-state index in [0.717, 1.165) is 0 Å². The van der Waals surface area contributed by atoms with Crippen LogP contribution in [0.2, 0.25) is 0 Å². The van der Waals surface area contributed by atoms with E-state index in [9.17, 15) is 22.8 Å². The lowest BCUT2D eigenvalue weighted by atomic mass is 10.1. The van der Waals surface area contributed by atoms with Crippen LogP contribution in [-0.2, 0) is 15.8 Å². The van der Waals surface area contributed by atoms with E-state index in [1.807, 2.05) is 0 Å². The van der Waals surface area contributed by atoms with Gasteiger partial charge in [0.25, 0.3) is 5.91 Å². The van der Waals surface area contributed by atoms with Gasteiger partial charge in [-0.2, -0.15) is 23.3 Å². The highest BCUT2D eigenvalue weighted by Gasteiger charge is 2.40. The zero-order chi connectivity index (χ0) is 16.6.